The van der Waals surface area contributed by atoms with Gasteiger partial charge in [-0.3, -0.25) is 0 Å². The summed E-state index contributed by atoms with van der Waals surface area (Å²) < 4.78 is 0. The van der Waals surface area contributed by atoms with Gasteiger partial charge in [-0.2, -0.15) is 0 Å². The van der Waals surface area contributed by atoms with Gasteiger partial charge in [-0.15, -0.1) is 0 Å². The van der Waals surface area contributed by atoms with E-state index in [9.17, 15) is 0 Å². The van der Waals surface area contributed by atoms with Crippen molar-refractivity contribution in [3.63, 3.8) is 0 Å². The first-order valence-electron chi connectivity index (χ1n) is 5.60. The van der Waals surface area contributed by atoms with Crippen LogP contribution in [0.25, 0.3) is 0 Å². The largest absolute Gasteiger partial charge is 0.0617 e. The van der Waals surface area contributed by atoms with Crippen molar-refractivity contribution in [2.24, 2.45) is 0 Å². The van der Waals surface area contributed by atoms with Gasteiger partial charge >= 0.3 is 0 Å². The first-order valence-corrected chi connectivity index (χ1v) is 5.60. The number of fused-ring (bicyclic) bond motifs is 3. The van der Waals surface area contributed by atoms with Crippen LogP contribution in [0.2, 0.25) is 0 Å². The van der Waals surface area contributed by atoms with Gasteiger partial charge in [0.1, 0.15) is 0 Å². The van der Waals surface area contributed by atoms with Crippen LogP contribution >= 0.6 is 0 Å². The third kappa shape index (κ3) is 1.85. The Hall–Kier alpha value is -2.00. The van der Waals surface area contributed by atoms with Gasteiger partial charge in [0.2, 0.25) is 0 Å². The van der Waals surface area contributed by atoms with Crippen molar-refractivity contribution in [3.8, 4) is 11.8 Å². The summed E-state index contributed by atoms with van der Waals surface area (Å²) in [6, 6.07) is 17.1. The Bertz CT molecular complexity index is 565. The van der Waals surface area contributed by atoms with E-state index in [4.69, 9.17) is 0 Å². The highest BCUT2D eigenvalue weighted by Crippen LogP contribution is 2.12. The average Bonchev–Trinajstić information content (AvgIpc) is 2.39. The molecular formula is C16H12. The zero-order valence-electron chi connectivity index (χ0n) is 9.03. The third-order valence-corrected chi connectivity index (χ3v) is 2.93. The van der Waals surface area contributed by atoms with Gasteiger partial charge in [0, 0.05) is 11.1 Å². The smallest absolute Gasteiger partial charge is 0.0251 e. The van der Waals surface area contributed by atoms with Gasteiger partial charge < -0.3 is 0 Å². The minimum atomic E-state index is 1.09. The molecule has 2 aliphatic rings. The summed E-state index contributed by atoms with van der Waals surface area (Å²) in [7, 11) is 0. The fourth-order valence-electron chi connectivity index (χ4n) is 1.99. The van der Waals surface area contributed by atoms with Crippen molar-refractivity contribution in [1.82, 2.24) is 0 Å². The van der Waals surface area contributed by atoms with Crippen LogP contribution in [0.15, 0.2) is 48.5 Å². The third-order valence-electron chi connectivity index (χ3n) is 2.93. The van der Waals surface area contributed by atoms with Crippen molar-refractivity contribution in [3.05, 3.63) is 70.8 Å². The first-order chi connectivity index (χ1) is 7.90. The van der Waals surface area contributed by atoms with Gasteiger partial charge in [-0.05, 0) is 48.2 Å². The van der Waals surface area contributed by atoms with E-state index in [2.05, 4.69) is 60.4 Å². The fraction of sp³-hybridized carbons (Fsp3) is 0.125. The van der Waals surface area contributed by atoms with Crippen LogP contribution < -0.4 is 0 Å². The molecule has 0 aromatic heterocycles. The quantitative estimate of drug-likeness (QED) is 0.578. The Morgan fingerprint density at radius 1 is 0.688 bits per heavy atom. The van der Waals surface area contributed by atoms with Gasteiger partial charge in [-0.25, -0.2) is 0 Å². The first kappa shape index (κ1) is 9.24. The van der Waals surface area contributed by atoms with Crippen LogP contribution in [0.1, 0.15) is 22.3 Å². The molecule has 0 nitrogen and oxygen atoms in total. The van der Waals surface area contributed by atoms with E-state index in [0.29, 0.717) is 0 Å². The molecule has 0 aliphatic heterocycles. The van der Waals surface area contributed by atoms with Crippen molar-refractivity contribution in [2.75, 3.05) is 0 Å². The van der Waals surface area contributed by atoms with Crippen molar-refractivity contribution in [2.45, 2.75) is 12.8 Å². The molecule has 0 saturated heterocycles. The summed E-state index contributed by atoms with van der Waals surface area (Å²) in [5, 5.41) is 0. The summed E-state index contributed by atoms with van der Waals surface area (Å²) >= 11 is 0. The predicted octanol–water partition coefficient (Wildman–Crippen LogP) is 3.19. The summed E-state index contributed by atoms with van der Waals surface area (Å²) in [5.74, 6) is 6.40. The highest BCUT2D eigenvalue weighted by atomic mass is 14.0. The standard InChI is InChI=1S/C16H12/c1-2-15-10-8-13-4-6-14(7-5-13)9-11-16(3-1)12-15/h1-7,12H,8,10H2. The van der Waals surface area contributed by atoms with E-state index >= 15 is 0 Å². The van der Waals surface area contributed by atoms with E-state index in [1.807, 2.05) is 0 Å². The minimum Gasteiger partial charge on any atom is -0.0617 e. The SMILES string of the molecule is C1#Cc2cccc(c2)CCc2ccc1cc2. The van der Waals surface area contributed by atoms with E-state index in [1.54, 1.807) is 0 Å². The Kier molecular flexibility index (Phi) is 2.23. The molecule has 2 aromatic rings. The lowest BCUT2D eigenvalue weighted by Crippen LogP contribution is -1.91. The molecule has 0 unspecified atom stereocenters. The van der Waals surface area contributed by atoms with Crippen molar-refractivity contribution < 1.29 is 0 Å². The highest BCUT2D eigenvalue weighted by Gasteiger charge is 1.99. The van der Waals surface area contributed by atoms with Crippen molar-refractivity contribution in [1.29, 1.82) is 0 Å². The van der Waals surface area contributed by atoms with E-state index in [0.717, 1.165) is 24.0 Å². The average molecular weight is 204 g/mol. The van der Waals surface area contributed by atoms with Crippen molar-refractivity contribution >= 4 is 0 Å². The molecule has 0 atom stereocenters. The lowest BCUT2D eigenvalue weighted by molar-refractivity contribution is 0.960. The normalized spacial score (nSPS) is 12.5. The Morgan fingerprint density at radius 3 is 2.31 bits per heavy atom. The number of hydrogen-bond acceptors (Lipinski definition) is 0. The van der Waals surface area contributed by atoms with Crippen LogP contribution in [0, 0.1) is 11.8 Å². The summed E-state index contributed by atoms with van der Waals surface area (Å²) in [6.45, 7) is 0. The maximum absolute atomic E-state index is 3.21. The molecule has 0 heterocycles. The molecule has 76 valence electrons. The zero-order valence-corrected chi connectivity index (χ0v) is 9.03. The minimum absolute atomic E-state index is 1.09. The molecule has 4 bridgehead atoms. The Balaban J connectivity index is 2.13. The molecule has 0 saturated carbocycles. The Labute approximate surface area is 95.9 Å². The zero-order chi connectivity index (χ0) is 10.8. The van der Waals surface area contributed by atoms with E-state index in [1.165, 1.54) is 11.1 Å². The summed E-state index contributed by atoms with van der Waals surface area (Å²) in [6.07, 6.45) is 2.19. The van der Waals surface area contributed by atoms with Crippen LogP contribution in [0.4, 0.5) is 0 Å². The van der Waals surface area contributed by atoms with Crippen LogP contribution in [0.3, 0.4) is 0 Å². The fourth-order valence-corrected chi connectivity index (χ4v) is 1.99. The molecule has 0 radical (unpaired) electrons. The summed E-state index contributed by atoms with van der Waals surface area (Å²) in [5.41, 5.74) is 4.97. The number of hydrogen-bond donors (Lipinski definition) is 0. The molecule has 0 heteroatoms. The molecule has 0 fully saturated rings. The maximum Gasteiger partial charge on any atom is 0.0251 e. The number of benzene rings is 2. The van der Waals surface area contributed by atoms with E-state index in [-0.39, 0.29) is 0 Å². The van der Waals surface area contributed by atoms with Gasteiger partial charge in [0.25, 0.3) is 0 Å². The molecule has 0 N–H and O–H groups in total. The second-order valence-electron chi connectivity index (χ2n) is 4.15. The molecule has 16 heavy (non-hydrogen) atoms. The molecule has 2 aromatic carbocycles. The van der Waals surface area contributed by atoms with Crippen LogP contribution in [-0.4, -0.2) is 0 Å². The topological polar surface area (TPSA) is 0 Å². The monoisotopic (exact) mass is 204 g/mol. The molecule has 4 rings (SSSR count). The lowest BCUT2D eigenvalue weighted by Gasteiger charge is -2.02. The van der Waals surface area contributed by atoms with Gasteiger partial charge in [0.05, 0.1) is 0 Å². The predicted molar refractivity (Wildman–Crippen MR) is 66.3 cm³/mol. The van der Waals surface area contributed by atoms with Gasteiger partial charge in [0.15, 0.2) is 0 Å². The van der Waals surface area contributed by atoms with E-state index < -0.39 is 0 Å². The summed E-state index contributed by atoms with van der Waals surface area (Å²) in [4.78, 5) is 0. The number of rotatable bonds is 0. The molecule has 0 amide bonds. The second-order valence-corrected chi connectivity index (χ2v) is 4.15. The number of aryl methyl sites for hydroxylation is 2. The second kappa shape index (κ2) is 3.87. The molecule has 2 aliphatic carbocycles. The van der Waals surface area contributed by atoms with Gasteiger partial charge in [-0.1, -0.05) is 36.1 Å². The molecular weight excluding hydrogens is 192 g/mol. The lowest BCUT2D eigenvalue weighted by atomic mass is 10.0. The van der Waals surface area contributed by atoms with Crippen LogP contribution in [0.5, 0.6) is 0 Å². The Morgan fingerprint density at radius 2 is 1.44 bits per heavy atom. The maximum atomic E-state index is 3.21. The highest BCUT2D eigenvalue weighted by molar-refractivity contribution is 5.45. The molecule has 0 spiro atoms. The van der Waals surface area contributed by atoms with Crippen LogP contribution in [-0.2, 0) is 12.8 Å².